The minimum atomic E-state index is -2.54. The Bertz CT molecular complexity index is 989. The van der Waals surface area contributed by atoms with Crippen LogP contribution in [-0.4, -0.2) is 41.8 Å². The number of aliphatic imine (C=N–C) groups is 1. The number of aryl methyl sites for hydroxylation is 2. The first-order chi connectivity index (χ1) is 13.6. The molecule has 1 aromatic carbocycles. The van der Waals surface area contributed by atoms with Crippen molar-refractivity contribution in [2.24, 2.45) is 12.0 Å². The van der Waals surface area contributed by atoms with E-state index in [2.05, 4.69) is 15.3 Å². The Kier molecular flexibility index (Phi) is 4.27. The van der Waals surface area contributed by atoms with Gasteiger partial charge in [-0.15, -0.1) is 0 Å². The fourth-order valence-electron chi connectivity index (χ4n) is 4.51. The topological polar surface area (TPSA) is 45.5 Å². The zero-order valence-electron chi connectivity index (χ0n) is 15.9. The van der Waals surface area contributed by atoms with Crippen molar-refractivity contribution in [2.75, 3.05) is 31.1 Å². The monoisotopic (exact) mass is 383 g/mol. The number of rotatable bonds is 2. The van der Waals surface area contributed by atoms with Crippen molar-refractivity contribution in [3.8, 4) is 11.1 Å². The molecule has 146 valence electrons. The molecule has 1 aromatic heterocycles. The Morgan fingerprint density at radius 2 is 2.11 bits per heavy atom. The first-order valence-electron chi connectivity index (χ1n) is 9.80. The number of fused-ring (bicyclic) bond motifs is 1. The number of anilines is 1. The number of alkyl halides is 2. The molecule has 0 bridgehead atoms. The first kappa shape index (κ1) is 17.6. The van der Waals surface area contributed by atoms with E-state index in [0.29, 0.717) is 5.56 Å². The lowest BCUT2D eigenvalue weighted by Crippen LogP contribution is -2.39. The van der Waals surface area contributed by atoms with Gasteiger partial charge in [0.15, 0.2) is 0 Å². The summed E-state index contributed by atoms with van der Waals surface area (Å²) in [5, 5.41) is 7.57. The summed E-state index contributed by atoms with van der Waals surface area (Å²) >= 11 is 0. The van der Waals surface area contributed by atoms with Crippen LogP contribution >= 0.6 is 0 Å². The molecule has 0 saturated carbocycles. The van der Waals surface area contributed by atoms with Crippen molar-refractivity contribution < 1.29 is 8.78 Å². The van der Waals surface area contributed by atoms with Gasteiger partial charge in [0.1, 0.15) is 5.84 Å². The lowest BCUT2D eigenvalue weighted by atomic mass is 9.92. The fourth-order valence-corrected chi connectivity index (χ4v) is 4.51. The summed E-state index contributed by atoms with van der Waals surface area (Å²) in [7, 11) is 1.80. The number of benzene rings is 1. The molecule has 5 nitrogen and oxygen atoms in total. The van der Waals surface area contributed by atoms with Crippen LogP contribution in [0.2, 0.25) is 0 Å². The molecule has 28 heavy (non-hydrogen) atoms. The smallest absolute Gasteiger partial charge is 0.264 e. The van der Waals surface area contributed by atoms with Gasteiger partial charge in [-0.1, -0.05) is 0 Å². The van der Waals surface area contributed by atoms with Gasteiger partial charge in [-0.3, -0.25) is 9.67 Å². The second-order valence-electron chi connectivity index (χ2n) is 7.68. The molecule has 0 unspecified atom stereocenters. The summed E-state index contributed by atoms with van der Waals surface area (Å²) in [6.07, 6.45) is 3.80. The highest BCUT2D eigenvalue weighted by atomic mass is 19.3. The Hall–Kier alpha value is -2.54. The average Bonchev–Trinajstić information content (AvgIpc) is 3.32. The Balaban J connectivity index is 1.60. The second-order valence-corrected chi connectivity index (χ2v) is 7.68. The van der Waals surface area contributed by atoms with E-state index in [1.165, 1.54) is 11.1 Å². The summed E-state index contributed by atoms with van der Waals surface area (Å²) in [6.45, 7) is 3.36. The third-order valence-corrected chi connectivity index (χ3v) is 5.90. The Labute approximate surface area is 162 Å². The van der Waals surface area contributed by atoms with E-state index in [4.69, 9.17) is 4.99 Å². The van der Waals surface area contributed by atoms with Gasteiger partial charge in [0.2, 0.25) is 0 Å². The standard InChI is InChI=1S/C21H23F2N5/c1-27-12-15(10-26-27)16-7-13-3-2-6-28(19(13)8-17(16)20(22)23)21-18-11-24-5-4-14(18)9-25-21/h7-8,10,12,20,24H,2-6,9,11H2,1H3. The third kappa shape index (κ3) is 2.85. The van der Waals surface area contributed by atoms with Gasteiger partial charge in [0, 0.05) is 48.7 Å². The number of nitrogens with zero attached hydrogens (tertiary/aromatic N) is 4. The zero-order chi connectivity index (χ0) is 19.3. The van der Waals surface area contributed by atoms with Gasteiger partial charge in [-0.05, 0) is 54.6 Å². The molecule has 4 heterocycles. The molecule has 0 saturated heterocycles. The number of hydrogen-bond acceptors (Lipinski definition) is 4. The van der Waals surface area contributed by atoms with Crippen molar-refractivity contribution in [1.29, 1.82) is 0 Å². The number of aromatic nitrogens is 2. The van der Waals surface area contributed by atoms with Crippen LogP contribution in [0.25, 0.3) is 11.1 Å². The van der Waals surface area contributed by atoms with Crippen LogP contribution in [0.3, 0.4) is 0 Å². The normalized spacial score (nSPS) is 19.1. The second kappa shape index (κ2) is 6.81. The maximum atomic E-state index is 14.0. The summed E-state index contributed by atoms with van der Waals surface area (Å²) in [4.78, 5) is 6.95. The van der Waals surface area contributed by atoms with Crippen LogP contribution < -0.4 is 10.2 Å². The molecule has 0 fully saturated rings. The van der Waals surface area contributed by atoms with Crippen LogP contribution in [0.15, 0.2) is 40.7 Å². The lowest BCUT2D eigenvalue weighted by Gasteiger charge is -2.34. The van der Waals surface area contributed by atoms with Gasteiger partial charge < -0.3 is 10.2 Å². The molecule has 7 heteroatoms. The molecule has 0 radical (unpaired) electrons. The molecule has 0 spiro atoms. The number of amidine groups is 1. The minimum Gasteiger partial charge on any atom is -0.326 e. The summed E-state index contributed by atoms with van der Waals surface area (Å²) in [5.74, 6) is 0.970. The van der Waals surface area contributed by atoms with E-state index < -0.39 is 6.43 Å². The quantitative estimate of drug-likeness (QED) is 0.864. The Morgan fingerprint density at radius 3 is 2.89 bits per heavy atom. The minimum absolute atomic E-state index is 0.0632. The van der Waals surface area contributed by atoms with Crippen LogP contribution in [0.5, 0.6) is 0 Å². The van der Waals surface area contributed by atoms with Crippen LogP contribution in [0.1, 0.15) is 30.4 Å². The maximum Gasteiger partial charge on any atom is 0.264 e. The highest BCUT2D eigenvalue weighted by molar-refractivity contribution is 6.12. The van der Waals surface area contributed by atoms with Crippen molar-refractivity contribution in [3.63, 3.8) is 0 Å². The van der Waals surface area contributed by atoms with Crippen LogP contribution in [-0.2, 0) is 13.5 Å². The summed E-state index contributed by atoms with van der Waals surface area (Å²) < 4.78 is 29.6. The molecule has 0 aliphatic carbocycles. The van der Waals surface area contributed by atoms with Crippen molar-refractivity contribution in [3.05, 3.63) is 46.8 Å². The third-order valence-electron chi connectivity index (χ3n) is 5.90. The highest BCUT2D eigenvalue weighted by Gasteiger charge is 2.31. The predicted octanol–water partition coefficient (Wildman–Crippen LogP) is 3.48. The van der Waals surface area contributed by atoms with E-state index in [0.717, 1.165) is 68.1 Å². The van der Waals surface area contributed by atoms with E-state index in [-0.39, 0.29) is 5.56 Å². The van der Waals surface area contributed by atoms with E-state index >= 15 is 0 Å². The van der Waals surface area contributed by atoms with Crippen LogP contribution in [0, 0.1) is 0 Å². The molecule has 5 rings (SSSR count). The zero-order valence-corrected chi connectivity index (χ0v) is 15.9. The molecule has 3 aliphatic rings. The van der Waals surface area contributed by atoms with Gasteiger partial charge >= 0.3 is 0 Å². The average molecular weight is 383 g/mol. The van der Waals surface area contributed by atoms with Crippen molar-refractivity contribution in [1.82, 2.24) is 15.1 Å². The van der Waals surface area contributed by atoms with Crippen molar-refractivity contribution in [2.45, 2.75) is 25.7 Å². The molecule has 0 atom stereocenters. The molecule has 3 aliphatic heterocycles. The molecule has 1 N–H and O–H groups in total. The molecular formula is C21H23F2N5. The molecule has 2 aromatic rings. The van der Waals surface area contributed by atoms with Gasteiger partial charge in [-0.2, -0.15) is 5.10 Å². The maximum absolute atomic E-state index is 14.0. The van der Waals surface area contributed by atoms with E-state index in [1.54, 1.807) is 30.2 Å². The fraction of sp³-hybridized carbons (Fsp3) is 0.429. The van der Waals surface area contributed by atoms with Gasteiger partial charge in [0.25, 0.3) is 6.43 Å². The Morgan fingerprint density at radius 1 is 1.21 bits per heavy atom. The first-order valence-corrected chi connectivity index (χ1v) is 9.80. The largest absolute Gasteiger partial charge is 0.326 e. The van der Waals surface area contributed by atoms with Gasteiger partial charge in [-0.25, -0.2) is 8.78 Å². The summed E-state index contributed by atoms with van der Waals surface area (Å²) in [5.41, 5.74) is 6.01. The molecular weight excluding hydrogens is 360 g/mol. The van der Waals surface area contributed by atoms with Gasteiger partial charge in [0.05, 0.1) is 12.7 Å². The number of halogens is 2. The lowest BCUT2D eigenvalue weighted by molar-refractivity contribution is 0.152. The van der Waals surface area contributed by atoms with Crippen LogP contribution in [0.4, 0.5) is 14.5 Å². The van der Waals surface area contributed by atoms with Crippen molar-refractivity contribution >= 4 is 11.5 Å². The SMILES string of the molecule is Cn1cc(-c2cc3c(cc2C(F)F)N(C2=NCC4=C2CNCC4)CCC3)cn1. The number of hydrogen-bond donors (Lipinski definition) is 1. The van der Waals surface area contributed by atoms with E-state index in [9.17, 15) is 8.78 Å². The van der Waals surface area contributed by atoms with E-state index in [1.807, 2.05) is 6.07 Å². The summed E-state index contributed by atoms with van der Waals surface area (Å²) in [6, 6.07) is 3.61. The highest BCUT2D eigenvalue weighted by Crippen LogP contribution is 2.40. The number of nitrogens with one attached hydrogen (secondary N) is 1. The molecule has 0 amide bonds. The predicted molar refractivity (Wildman–Crippen MR) is 106 cm³/mol.